The minimum absolute atomic E-state index is 0.654. The number of para-hydroxylation sites is 1. The summed E-state index contributed by atoms with van der Waals surface area (Å²) in [4.78, 5) is 6.47. The summed E-state index contributed by atoms with van der Waals surface area (Å²) in [6.07, 6.45) is 1.91. The van der Waals surface area contributed by atoms with Gasteiger partial charge in [0.1, 0.15) is 6.67 Å². The molecule has 14 heavy (non-hydrogen) atoms. The fourth-order valence-corrected chi connectivity index (χ4v) is 1.76. The molecule has 0 aliphatic carbocycles. The Morgan fingerprint density at radius 3 is 3.21 bits per heavy atom. The topological polar surface area (TPSA) is 40.0 Å². The number of rotatable bonds is 0. The van der Waals surface area contributed by atoms with E-state index in [9.17, 15) is 0 Å². The van der Waals surface area contributed by atoms with Gasteiger partial charge in [0.05, 0.1) is 12.2 Å². The molecule has 0 spiro atoms. The first-order valence-corrected chi connectivity index (χ1v) is 4.61. The predicted molar refractivity (Wildman–Crippen MR) is 56.8 cm³/mol. The highest BCUT2D eigenvalue weighted by Crippen LogP contribution is 2.22. The van der Waals surface area contributed by atoms with Gasteiger partial charge in [-0.1, -0.05) is 18.2 Å². The first kappa shape index (κ1) is 7.55. The second kappa shape index (κ2) is 2.83. The standard InChI is InChI=1S/C10H10N4/c1-2-4-9-8(3-1)5-11-6-10-13-12-7-14(9)10/h1-5,12H,6-7H2. The van der Waals surface area contributed by atoms with Gasteiger partial charge in [-0.15, -0.1) is 0 Å². The second-order valence-electron chi connectivity index (χ2n) is 3.30. The van der Waals surface area contributed by atoms with E-state index in [0.29, 0.717) is 6.54 Å². The Hall–Kier alpha value is -1.84. The third kappa shape index (κ3) is 1.00. The second-order valence-corrected chi connectivity index (χ2v) is 3.30. The molecule has 0 atom stereocenters. The van der Waals surface area contributed by atoms with Gasteiger partial charge < -0.3 is 4.90 Å². The van der Waals surface area contributed by atoms with Crippen LogP contribution < -0.4 is 10.3 Å². The van der Waals surface area contributed by atoms with Crippen LogP contribution in [0.25, 0.3) is 0 Å². The number of fused-ring (bicyclic) bond motifs is 3. The maximum absolute atomic E-state index is 4.32. The van der Waals surface area contributed by atoms with Crippen LogP contribution in [0.5, 0.6) is 0 Å². The van der Waals surface area contributed by atoms with Crippen molar-refractivity contribution >= 4 is 17.7 Å². The lowest BCUT2D eigenvalue weighted by Gasteiger charge is -2.18. The van der Waals surface area contributed by atoms with Gasteiger partial charge in [0.2, 0.25) is 0 Å². The minimum Gasteiger partial charge on any atom is -0.307 e. The lowest BCUT2D eigenvalue weighted by molar-refractivity contribution is 0.807. The molecule has 4 heteroatoms. The SMILES string of the molecule is C1=NCC2=NNCN2c2ccccc21. The zero-order valence-corrected chi connectivity index (χ0v) is 7.64. The van der Waals surface area contributed by atoms with Gasteiger partial charge in [0.15, 0.2) is 5.84 Å². The highest BCUT2D eigenvalue weighted by Gasteiger charge is 2.21. The van der Waals surface area contributed by atoms with Gasteiger partial charge in [0, 0.05) is 11.8 Å². The number of amidine groups is 1. The van der Waals surface area contributed by atoms with E-state index in [0.717, 1.165) is 18.1 Å². The molecule has 1 aromatic carbocycles. The maximum Gasteiger partial charge on any atom is 0.152 e. The number of hydrogen-bond acceptors (Lipinski definition) is 4. The summed E-state index contributed by atoms with van der Waals surface area (Å²) in [5.41, 5.74) is 5.31. The van der Waals surface area contributed by atoms with Gasteiger partial charge in [0.25, 0.3) is 0 Å². The van der Waals surface area contributed by atoms with Crippen LogP contribution in [0.1, 0.15) is 5.56 Å². The third-order valence-corrected chi connectivity index (χ3v) is 2.44. The Morgan fingerprint density at radius 1 is 1.29 bits per heavy atom. The van der Waals surface area contributed by atoms with Crippen molar-refractivity contribution in [2.75, 3.05) is 18.1 Å². The van der Waals surface area contributed by atoms with Crippen molar-refractivity contribution in [3.05, 3.63) is 29.8 Å². The summed E-state index contributed by atoms with van der Waals surface area (Å²) in [5, 5.41) is 4.20. The quantitative estimate of drug-likeness (QED) is 0.651. The number of hydrazone groups is 1. The molecule has 0 unspecified atom stereocenters. The summed E-state index contributed by atoms with van der Waals surface area (Å²) >= 11 is 0. The Bertz CT molecular complexity index is 422. The normalized spacial score (nSPS) is 18.0. The summed E-state index contributed by atoms with van der Waals surface area (Å²) in [6.45, 7) is 1.40. The molecule has 0 radical (unpaired) electrons. The van der Waals surface area contributed by atoms with Crippen LogP contribution in [0.2, 0.25) is 0 Å². The molecule has 0 saturated heterocycles. The Balaban J connectivity index is 2.16. The predicted octanol–water partition coefficient (Wildman–Crippen LogP) is 0.800. The average molecular weight is 186 g/mol. The van der Waals surface area contributed by atoms with Gasteiger partial charge >= 0.3 is 0 Å². The molecule has 0 fully saturated rings. The number of hydrogen-bond donors (Lipinski definition) is 1. The van der Waals surface area contributed by atoms with Crippen LogP contribution in [0, 0.1) is 0 Å². The van der Waals surface area contributed by atoms with Crippen LogP contribution in [-0.4, -0.2) is 25.3 Å². The van der Waals surface area contributed by atoms with Crippen molar-refractivity contribution < 1.29 is 0 Å². The lowest BCUT2D eigenvalue weighted by Crippen LogP contribution is -2.30. The first-order valence-electron chi connectivity index (χ1n) is 4.61. The van der Waals surface area contributed by atoms with Gasteiger partial charge in [-0.25, -0.2) is 0 Å². The van der Waals surface area contributed by atoms with Gasteiger partial charge in [-0.2, -0.15) is 5.10 Å². The average Bonchev–Trinajstić information content (AvgIpc) is 2.61. The number of benzene rings is 1. The highest BCUT2D eigenvalue weighted by atomic mass is 15.5. The molecular formula is C10H10N4. The largest absolute Gasteiger partial charge is 0.307 e. The molecular weight excluding hydrogens is 176 g/mol. The van der Waals surface area contributed by atoms with Crippen molar-refractivity contribution in [3.63, 3.8) is 0 Å². The molecule has 4 nitrogen and oxygen atoms in total. The van der Waals surface area contributed by atoms with Gasteiger partial charge in [-0.3, -0.25) is 10.4 Å². The molecule has 0 saturated carbocycles. The maximum atomic E-state index is 4.32. The molecule has 0 amide bonds. The zero-order valence-electron chi connectivity index (χ0n) is 7.64. The molecule has 0 aromatic heterocycles. The molecule has 70 valence electrons. The first-order chi connectivity index (χ1) is 6.95. The van der Waals surface area contributed by atoms with Crippen LogP contribution >= 0.6 is 0 Å². The monoisotopic (exact) mass is 186 g/mol. The lowest BCUT2D eigenvalue weighted by atomic mass is 10.2. The smallest absolute Gasteiger partial charge is 0.152 e. The van der Waals surface area contributed by atoms with Crippen molar-refractivity contribution in [3.8, 4) is 0 Å². The number of nitrogens with zero attached hydrogens (tertiary/aromatic N) is 3. The van der Waals surface area contributed by atoms with Crippen LogP contribution in [0.3, 0.4) is 0 Å². The highest BCUT2D eigenvalue weighted by molar-refractivity contribution is 6.06. The van der Waals surface area contributed by atoms with E-state index in [-0.39, 0.29) is 0 Å². The van der Waals surface area contributed by atoms with Crippen molar-refractivity contribution in [2.45, 2.75) is 0 Å². The molecule has 1 aromatic rings. The fourth-order valence-electron chi connectivity index (χ4n) is 1.76. The molecule has 0 bridgehead atoms. The minimum atomic E-state index is 0.654. The van der Waals surface area contributed by atoms with E-state index in [1.807, 2.05) is 18.3 Å². The summed E-state index contributed by atoms with van der Waals surface area (Å²) in [5.74, 6) is 0.992. The Labute approximate surface area is 81.9 Å². The fraction of sp³-hybridized carbons (Fsp3) is 0.200. The van der Waals surface area contributed by atoms with E-state index in [4.69, 9.17) is 0 Å². The number of nitrogens with one attached hydrogen (secondary N) is 1. The van der Waals surface area contributed by atoms with Crippen LogP contribution in [-0.2, 0) is 0 Å². The van der Waals surface area contributed by atoms with Crippen molar-refractivity contribution in [1.29, 1.82) is 0 Å². The number of anilines is 1. The van der Waals surface area contributed by atoms with Crippen molar-refractivity contribution in [2.24, 2.45) is 10.1 Å². The van der Waals surface area contributed by atoms with E-state index >= 15 is 0 Å². The summed E-state index contributed by atoms with van der Waals surface area (Å²) in [6, 6.07) is 8.22. The Morgan fingerprint density at radius 2 is 2.21 bits per heavy atom. The van der Waals surface area contributed by atoms with Gasteiger partial charge in [-0.05, 0) is 6.07 Å². The Kier molecular flexibility index (Phi) is 1.53. The molecule has 2 heterocycles. The third-order valence-electron chi connectivity index (χ3n) is 2.44. The summed E-state index contributed by atoms with van der Waals surface area (Å²) in [7, 11) is 0. The van der Waals surface area contributed by atoms with E-state index < -0.39 is 0 Å². The van der Waals surface area contributed by atoms with E-state index in [1.165, 1.54) is 5.69 Å². The number of aliphatic imine (C=N–C) groups is 1. The van der Waals surface area contributed by atoms with E-state index in [2.05, 4.69) is 32.6 Å². The zero-order chi connectivity index (χ0) is 9.38. The van der Waals surface area contributed by atoms with Crippen molar-refractivity contribution in [1.82, 2.24) is 5.43 Å². The van der Waals surface area contributed by atoms with Crippen LogP contribution in [0.4, 0.5) is 5.69 Å². The van der Waals surface area contributed by atoms with E-state index in [1.54, 1.807) is 0 Å². The molecule has 3 rings (SSSR count). The summed E-state index contributed by atoms with van der Waals surface area (Å²) < 4.78 is 0. The molecule has 1 N–H and O–H groups in total. The molecule has 2 aliphatic heterocycles. The molecule has 2 aliphatic rings. The van der Waals surface area contributed by atoms with Crippen LogP contribution in [0.15, 0.2) is 34.4 Å².